The maximum absolute atomic E-state index is 12.5. The van der Waals surface area contributed by atoms with Crippen LogP contribution >= 0.6 is 23.4 Å². The van der Waals surface area contributed by atoms with E-state index >= 15 is 0 Å². The van der Waals surface area contributed by atoms with Gasteiger partial charge in [-0.3, -0.25) is 4.79 Å². The molecule has 1 heterocycles. The zero-order valence-electron chi connectivity index (χ0n) is 17.5. The van der Waals surface area contributed by atoms with E-state index in [9.17, 15) is 14.7 Å². The van der Waals surface area contributed by atoms with E-state index in [1.807, 2.05) is 60.0 Å². The first-order valence-electron chi connectivity index (χ1n) is 9.98. The number of halogens is 1. The number of amides is 1. The molecular formula is C24H19ClN4O3S. The molecule has 1 amide bonds. The van der Waals surface area contributed by atoms with Crippen LogP contribution in [0.5, 0.6) is 0 Å². The molecule has 0 bridgehead atoms. The van der Waals surface area contributed by atoms with Crippen LogP contribution in [0, 0.1) is 6.92 Å². The summed E-state index contributed by atoms with van der Waals surface area (Å²) in [6.45, 7) is 2.02. The highest BCUT2D eigenvalue weighted by Crippen LogP contribution is 2.22. The maximum atomic E-state index is 12.5. The number of hydrogen-bond donors (Lipinski definition) is 2. The molecule has 2 N–H and O–H groups in total. The fourth-order valence-electron chi connectivity index (χ4n) is 3.14. The van der Waals surface area contributed by atoms with Gasteiger partial charge < -0.3 is 15.2 Å². The van der Waals surface area contributed by atoms with E-state index in [1.165, 1.54) is 36.0 Å². The normalized spacial score (nSPS) is 10.7. The van der Waals surface area contributed by atoms with E-state index < -0.39 is 5.97 Å². The number of carboxylic acids is 1. The highest BCUT2D eigenvalue weighted by molar-refractivity contribution is 7.99. The Morgan fingerprint density at radius 2 is 1.70 bits per heavy atom. The first-order chi connectivity index (χ1) is 15.9. The molecule has 0 saturated carbocycles. The van der Waals surface area contributed by atoms with Gasteiger partial charge in [0.15, 0.2) is 0 Å². The van der Waals surface area contributed by atoms with Gasteiger partial charge in [-0.2, -0.15) is 4.57 Å². The van der Waals surface area contributed by atoms with E-state index in [0.29, 0.717) is 15.9 Å². The van der Waals surface area contributed by atoms with Crippen molar-refractivity contribution in [1.82, 2.24) is 10.2 Å². The van der Waals surface area contributed by atoms with Crippen LogP contribution in [-0.2, 0) is 4.79 Å². The van der Waals surface area contributed by atoms with Crippen molar-refractivity contribution in [2.75, 3.05) is 11.1 Å². The fourth-order valence-corrected chi connectivity index (χ4v) is 4.04. The van der Waals surface area contributed by atoms with Crippen LogP contribution in [0.4, 0.5) is 5.69 Å². The van der Waals surface area contributed by atoms with Crippen molar-refractivity contribution in [1.29, 1.82) is 0 Å². The molecule has 0 aliphatic carbocycles. The second-order valence-electron chi connectivity index (χ2n) is 7.23. The number of aromatic nitrogens is 3. The summed E-state index contributed by atoms with van der Waals surface area (Å²) in [6.07, 6.45) is 0. The van der Waals surface area contributed by atoms with E-state index in [4.69, 9.17) is 11.6 Å². The van der Waals surface area contributed by atoms with Crippen molar-refractivity contribution in [3.8, 4) is 17.1 Å². The lowest BCUT2D eigenvalue weighted by Crippen LogP contribution is -2.34. The average molecular weight is 479 g/mol. The Hall–Kier alpha value is -3.62. The molecule has 0 fully saturated rings. The van der Waals surface area contributed by atoms with Gasteiger partial charge in [0.1, 0.15) is 5.69 Å². The summed E-state index contributed by atoms with van der Waals surface area (Å²) in [5.41, 5.74) is 3.49. The number of nitrogens with one attached hydrogen (secondary N) is 2. The quantitative estimate of drug-likeness (QED) is 0.313. The van der Waals surface area contributed by atoms with E-state index in [0.717, 1.165) is 22.6 Å². The molecule has 7 nitrogen and oxygen atoms in total. The summed E-state index contributed by atoms with van der Waals surface area (Å²) >= 11 is 7.32. The molecule has 3 aromatic carbocycles. The van der Waals surface area contributed by atoms with E-state index in [2.05, 4.69) is 15.5 Å². The van der Waals surface area contributed by atoms with Crippen LogP contribution in [0.2, 0.25) is 5.02 Å². The number of H-pyrrole nitrogens is 1. The number of aromatic amines is 1. The molecule has 33 heavy (non-hydrogen) atoms. The molecule has 1 aromatic heterocycles. The first-order valence-corrected chi connectivity index (χ1v) is 11.3. The number of carboxylic acid groups (broad SMARTS) is 1. The number of hydrogen-bond acceptors (Lipinski definition) is 5. The van der Waals surface area contributed by atoms with Crippen molar-refractivity contribution in [3.05, 3.63) is 88.9 Å². The van der Waals surface area contributed by atoms with Gasteiger partial charge >= 0.3 is 5.16 Å². The molecular weight excluding hydrogens is 460 g/mol. The molecule has 0 unspecified atom stereocenters. The summed E-state index contributed by atoms with van der Waals surface area (Å²) in [6, 6.07) is 21.2. The number of anilines is 1. The predicted molar refractivity (Wildman–Crippen MR) is 125 cm³/mol. The second-order valence-corrected chi connectivity index (χ2v) is 8.61. The summed E-state index contributed by atoms with van der Waals surface area (Å²) in [5.74, 6) is -0.637. The van der Waals surface area contributed by atoms with Gasteiger partial charge in [-0.05, 0) is 72.8 Å². The van der Waals surface area contributed by atoms with E-state index in [-0.39, 0.29) is 17.2 Å². The van der Waals surface area contributed by atoms with Crippen molar-refractivity contribution in [2.24, 2.45) is 0 Å². The van der Waals surface area contributed by atoms with E-state index in [1.54, 1.807) is 0 Å². The highest BCUT2D eigenvalue weighted by atomic mass is 35.5. The van der Waals surface area contributed by atoms with Gasteiger partial charge in [0.2, 0.25) is 5.91 Å². The van der Waals surface area contributed by atoms with Crippen LogP contribution in [0.15, 0.2) is 78.0 Å². The average Bonchev–Trinajstić information content (AvgIpc) is 3.23. The third-order valence-corrected chi connectivity index (χ3v) is 6.01. The largest absolute Gasteiger partial charge is 0.545 e. The number of rotatable bonds is 7. The minimum atomic E-state index is -1.26. The Morgan fingerprint density at radius 1 is 1.03 bits per heavy atom. The Balaban J connectivity index is 1.55. The number of carbonyl (C=O) groups excluding carboxylic acids is 2. The molecule has 0 saturated heterocycles. The van der Waals surface area contributed by atoms with Crippen LogP contribution in [-0.4, -0.2) is 27.8 Å². The Bertz CT molecular complexity index is 1290. The standard InChI is InChI=1S/C24H19ClN4O3S/c1-15-2-12-20(13-3-15)29-22(16-4-8-18(25)9-5-16)27-28-24(29)33-14-21(30)26-19-10-6-17(7-11-19)23(31)32/h2-13H,14H2,1H3,(H2,26,30,31,32). The zero-order chi connectivity index (χ0) is 23.4. The Kier molecular flexibility index (Phi) is 6.76. The summed E-state index contributed by atoms with van der Waals surface area (Å²) < 4.78 is 1.95. The molecule has 9 heteroatoms. The third kappa shape index (κ3) is 5.42. The molecule has 166 valence electrons. The number of aromatic carboxylic acids is 1. The van der Waals surface area contributed by atoms with Gasteiger partial charge in [-0.15, -0.1) is 5.10 Å². The smallest absolute Gasteiger partial charge is 0.342 e. The van der Waals surface area contributed by atoms with Crippen molar-refractivity contribution >= 4 is 40.9 Å². The highest BCUT2D eigenvalue weighted by Gasteiger charge is 2.24. The lowest BCUT2D eigenvalue weighted by atomic mass is 10.2. The minimum Gasteiger partial charge on any atom is -0.545 e. The van der Waals surface area contributed by atoms with Crippen LogP contribution in [0.1, 0.15) is 15.9 Å². The predicted octanol–water partition coefficient (Wildman–Crippen LogP) is 3.41. The molecule has 4 rings (SSSR count). The second kappa shape index (κ2) is 9.89. The molecule has 0 aliphatic rings. The van der Waals surface area contributed by atoms with Crippen LogP contribution in [0.25, 0.3) is 17.1 Å². The SMILES string of the molecule is Cc1ccc(-[n+]2c(SCC(=O)Nc3ccc(C(=O)[O-])cc3)n[nH]c2-c2ccc(Cl)cc2)cc1. The first kappa shape index (κ1) is 22.6. The molecule has 0 spiro atoms. The zero-order valence-corrected chi connectivity index (χ0v) is 19.1. The number of thioether (sulfide) groups is 1. The van der Waals surface area contributed by atoms with Gasteiger partial charge in [-0.1, -0.05) is 41.4 Å². The van der Waals surface area contributed by atoms with Crippen molar-refractivity contribution in [2.45, 2.75) is 12.1 Å². The molecule has 4 aromatic rings. The third-order valence-electron chi connectivity index (χ3n) is 4.82. The van der Waals surface area contributed by atoms with Crippen LogP contribution in [0.3, 0.4) is 0 Å². The minimum absolute atomic E-state index is 0.0489. The summed E-state index contributed by atoms with van der Waals surface area (Å²) in [5, 5.41) is 22.4. The summed E-state index contributed by atoms with van der Waals surface area (Å²) in [4.78, 5) is 23.4. The van der Waals surface area contributed by atoms with Gasteiger partial charge in [0.25, 0.3) is 5.82 Å². The Labute approximate surface area is 199 Å². The number of aryl methyl sites for hydroxylation is 1. The number of nitrogens with zero attached hydrogens (tertiary/aromatic N) is 2. The van der Waals surface area contributed by atoms with Gasteiger partial charge in [-0.25, -0.2) is 0 Å². The molecule has 0 atom stereocenters. The lowest BCUT2D eigenvalue weighted by Gasteiger charge is -2.07. The molecule has 0 radical (unpaired) electrons. The van der Waals surface area contributed by atoms with Crippen LogP contribution < -0.4 is 15.0 Å². The fraction of sp³-hybridized carbons (Fsp3) is 0.0833. The van der Waals surface area contributed by atoms with Gasteiger partial charge in [0, 0.05) is 10.7 Å². The monoisotopic (exact) mass is 478 g/mol. The number of benzene rings is 3. The van der Waals surface area contributed by atoms with Gasteiger partial charge in [0.05, 0.1) is 22.4 Å². The number of carbonyl (C=O) groups is 2. The topological polar surface area (TPSA) is 102 Å². The maximum Gasteiger partial charge on any atom is 0.342 e. The lowest BCUT2D eigenvalue weighted by molar-refractivity contribution is -0.625. The van der Waals surface area contributed by atoms with Crippen molar-refractivity contribution < 1.29 is 19.3 Å². The van der Waals surface area contributed by atoms with Crippen molar-refractivity contribution in [3.63, 3.8) is 0 Å². The molecule has 0 aliphatic heterocycles. The Morgan fingerprint density at radius 3 is 2.33 bits per heavy atom. The summed E-state index contributed by atoms with van der Waals surface area (Å²) in [7, 11) is 0.